The minimum atomic E-state index is -2.72. The van der Waals surface area contributed by atoms with Gasteiger partial charge in [0.1, 0.15) is 17.1 Å². The molecule has 0 aliphatic carbocycles. The highest BCUT2D eigenvalue weighted by molar-refractivity contribution is 6.05. The van der Waals surface area contributed by atoms with Gasteiger partial charge in [0.25, 0.3) is 6.43 Å². The minimum Gasteiger partial charge on any atom is -0.381 e. The molecule has 17 nitrogen and oxygen atoms in total. The number of fused-ring (bicyclic) bond motifs is 4. The fraction of sp³-hybridized carbons (Fsp3) is 0.490. The number of hydrogen-bond donors (Lipinski definition) is 1. The van der Waals surface area contributed by atoms with Crippen molar-refractivity contribution in [1.82, 2.24) is 43.7 Å². The Morgan fingerprint density at radius 1 is 0.829 bits per heavy atom. The van der Waals surface area contributed by atoms with Crippen LogP contribution in [0.1, 0.15) is 80.3 Å². The summed E-state index contributed by atoms with van der Waals surface area (Å²) >= 11 is 0. The number of halogens is 2. The summed E-state index contributed by atoms with van der Waals surface area (Å²) < 4.78 is 43.1. The summed E-state index contributed by atoms with van der Waals surface area (Å²) in [5, 5.41) is 7.68. The molecule has 366 valence electrons. The number of hydrogen-bond acceptors (Lipinski definition) is 11. The SMILES string of the molecule is CC(=O)N1CCc2c(c(N3CCCc4cc(-c5cc6nccn6cc5N5CCC(CN6CCN(c7ccn8c(N9CCC(=O)NC9=O)cnc8c7)CC6)CC5)c(C(F)F)cc43)nn2C2CCOCC2)C1. The average molecular weight is 956 g/mol. The zero-order valence-corrected chi connectivity index (χ0v) is 39.6. The van der Waals surface area contributed by atoms with Crippen LogP contribution < -0.4 is 24.9 Å². The lowest BCUT2D eigenvalue weighted by Crippen LogP contribution is -2.50. The van der Waals surface area contributed by atoms with E-state index >= 15 is 8.78 Å². The van der Waals surface area contributed by atoms with E-state index < -0.39 is 12.5 Å². The van der Waals surface area contributed by atoms with Crippen molar-refractivity contribution in [3.05, 3.63) is 83.7 Å². The maximum absolute atomic E-state index is 15.7. The number of imide groups is 1. The maximum atomic E-state index is 15.7. The zero-order valence-electron chi connectivity index (χ0n) is 39.6. The number of pyridine rings is 2. The predicted octanol–water partition coefficient (Wildman–Crippen LogP) is 6.61. The van der Waals surface area contributed by atoms with Crippen LogP contribution in [0, 0.1) is 5.92 Å². The van der Waals surface area contributed by atoms with Crippen molar-refractivity contribution in [2.75, 3.05) is 98.3 Å². The minimum absolute atomic E-state index is 0.000359. The summed E-state index contributed by atoms with van der Waals surface area (Å²) in [5.74, 6) is 1.69. The summed E-state index contributed by atoms with van der Waals surface area (Å²) in [7, 11) is 0. The van der Waals surface area contributed by atoms with Gasteiger partial charge in [0.05, 0.1) is 24.5 Å². The van der Waals surface area contributed by atoms with Crippen LogP contribution in [0.2, 0.25) is 0 Å². The first kappa shape index (κ1) is 44.6. The van der Waals surface area contributed by atoms with Crippen LogP contribution in [0.5, 0.6) is 0 Å². The fourth-order valence-electron chi connectivity index (χ4n) is 11.9. The predicted molar refractivity (Wildman–Crippen MR) is 261 cm³/mol. The Morgan fingerprint density at radius 2 is 1.66 bits per heavy atom. The van der Waals surface area contributed by atoms with E-state index in [1.54, 1.807) is 30.3 Å². The number of imidazole rings is 2. The van der Waals surface area contributed by atoms with Gasteiger partial charge in [-0.15, -0.1) is 0 Å². The molecule has 0 bridgehead atoms. The van der Waals surface area contributed by atoms with Gasteiger partial charge in [-0.25, -0.2) is 23.5 Å². The summed E-state index contributed by atoms with van der Waals surface area (Å²) in [5.41, 5.74) is 8.78. The van der Waals surface area contributed by atoms with Gasteiger partial charge in [-0.2, -0.15) is 5.10 Å². The van der Waals surface area contributed by atoms with Crippen molar-refractivity contribution in [1.29, 1.82) is 0 Å². The molecule has 0 saturated carbocycles. The lowest BCUT2D eigenvalue weighted by molar-refractivity contribution is -0.129. The van der Waals surface area contributed by atoms with Gasteiger partial charge in [-0.1, -0.05) is 0 Å². The molecule has 6 aliphatic rings. The van der Waals surface area contributed by atoms with Crippen molar-refractivity contribution < 1.29 is 27.9 Å². The number of amides is 4. The van der Waals surface area contributed by atoms with Gasteiger partial charge in [-0.3, -0.25) is 33.8 Å². The van der Waals surface area contributed by atoms with Gasteiger partial charge < -0.3 is 28.7 Å². The topological polar surface area (TPSA) is 144 Å². The maximum Gasteiger partial charge on any atom is 0.329 e. The summed E-state index contributed by atoms with van der Waals surface area (Å²) in [6.45, 7) is 11.3. The number of piperidine rings is 1. The Hall–Kier alpha value is -6.60. The molecule has 11 heterocycles. The summed E-state index contributed by atoms with van der Waals surface area (Å²) in [4.78, 5) is 59.0. The Bertz CT molecular complexity index is 2980. The van der Waals surface area contributed by atoms with Crippen molar-refractivity contribution in [2.45, 2.75) is 77.3 Å². The molecule has 1 aromatic carbocycles. The number of alkyl halides is 2. The molecule has 0 radical (unpaired) electrons. The normalized spacial score (nSPS) is 20.0. The second kappa shape index (κ2) is 18.3. The smallest absolute Gasteiger partial charge is 0.329 e. The van der Waals surface area contributed by atoms with E-state index in [-0.39, 0.29) is 29.8 Å². The number of carbonyl (C=O) groups excluding carboxylic acids is 3. The van der Waals surface area contributed by atoms with E-state index in [4.69, 9.17) is 9.84 Å². The third kappa shape index (κ3) is 8.19. The van der Waals surface area contributed by atoms with Crippen LogP contribution in [0.15, 0.2) is 61.3 Å². The van der Waals surface area contributed by atoms with Gasteiger partial charge in [0.15, 0.2) is 5.82 Å². The Kier molecular flexibility index (Phi) is 11.7. The van der Waals surface area contributed by atoms with Gasteiger partial charge in [0, 0.05) is 163 Å². The van der Waals surface area contributed by atoms with Crippen LogP contribution in [0.4, 0.5) is 42.3 Å². The van der Waals surface area contributed by atoms with E-state index in [0.29, 0.717) is 68.8 Å². The number of carbonyl (C=O) groups is 3. The number of anilines is 5. The summed E-state index contributed by atoms with van der Waals surface area (Å²) in [6, 6.07) is 9.61. The summed E-state index contributed by atoms with van der Waals surface area (Å²) in [6.07, 6.45) is 13.0. The Balaban J connectivity index is 0.758. The molecule has 70 heavy (non-hydrogen) atoms. The second-order valence-electron chi connectivity index (χ2n) is 19.8. The lowest BCUT2D eigenvalue weighted by Gasteiger charge is -2.40. The van der Waals surface area contributed by atoms with E-state index in [9.17, 15) is 14.4 Å². The van der Waals surface area contributed by atoms with Crippen molar-refractivity contribution >= 4 is 57.8 Å². The number of rotatable bonds is 9. The van der Waals surface area contributed by atoms with Crippen molar-refractivity contribution in [3.8, 4) is 11.1 Å². The number of nitrogens with one attached hydrogen (secondary N) is 1. The molecule has 12 rings (SSSR count). The highest BCUT2D eigenvalue weighted by Gasteiger charge is 2.36. The van der Waals surface area contributed by atoms with Crippen LogP contribution >= 0.6 is 0 Å². The molecule has 5 aromatic heterocycles. The zero-order chi connectivity index (χ0) is 47.6. The van der Waals surface area contributed by atoms with Gasteiger partial charge in [0.2, 0.25) is 11.8 Å². The quantitative estimate of drug-likeness (QED) is 0.167. The van der Waals surface area contributed by atoms with Gasteiger partial charge in [-0.05, 0) is 79.8 Å². The molecule has 6 aliphatic heterocycles. The number of nitrogens with zero attached hydrogens (tertiary/aromatic N) is 12. The number of urea groups is 1. The second-order valence-corrected chi connectivity index (χ2v) is 19.8. The molecule has 1 N–H and O–H groups in total. The molecular formula is C51H59F2N13O4. The number of aromatic nitrogens is 6. The third-order valence-corrected chi connectivity index (χ3v) is 15.7. The van der Waals surface area contributed by atoms with E-state index in [1.807, 2.05) is 38.2 Å². The van der Waals surface area contributed by atoms with Crippen LogP contribution in [0.25, 0.3) is 22.4 Å². The molecule has 0 unspecified atom stereocenters. The molecule has 4 amide bonds. The Morgan fingerprint density at radius 3 is 2.44 bits per heavy atom. The van der Waals surface area contributed by atoms with E-state index in [2.05, 4.69) is 57.9 Å². The first-order valence-electron chi connectivity index (χ1n) is 25.1. The number of ether oxygens (including phenoxy) is 1. The molecule has 0 atom stereocenters. The molecular weight excluding hydrogens is 897 g/mol. The molecule has 6 aromatic rings. The van der Waals surface area contributed by atoms with Crippen LogP contribution in [0.3, 0.4) is 0 Å². The van der Waals surface area contributed by atoms with E-state index in [1.165, 1.54) is 0 Å². The lowest BCUT2D eigenvalue weighted by atomic mass is 9.90. The molecule has 19 heteroatoms. The molecule has 4 saturated heterocycles. The third-order valence-electron chi connectivity index (χ3n) is 15.7. The molecule has 4 fully saturated rings. The highest BCUT2D eigenvalue weighted by atomic mass is 19.3. The molecule has 0 spiro atoms. The van der Waals surface area contributed by atoms with Crippen molar-refractivity contribution in [2.24, 2.45) is 5.92 Å². The monoisotopic (exact) mass is 955 g/mol. The highest BCUT2D eigenvalue weighted by Crippen LogP contribution is 2.46. The number of benzene rings is 1. The van der Waals surface area contributed by atoms with Gasteiger partial charge >= 0.3 is 6.03 Å². The largest absolute Gasteiger partial charge is 0.381 e. The standard InChI is InChI=1S/C51H59F2N13O4/c1-33(67)61-15-7-42-41(31-61)50(57-66(42)36-9-23-70-24-10-36)63-12-2-3-35-25-38(40(49(52)53)27-43(35)63)39-28-45-54-11-18-62(45)32-44(39)60-13-4-34(5-14-60)30-58-19-21-59(22-20-58)37-6-16-64-46(26-37)55-29-48(64)65-17-8-47(68)56-51(65)69/h6,11,16,18,25-29,32,34,36,49H,2-5,7-10,12-15,17,19-24,30-31H2,1H3,(H,56,68,69). The first-order chi connectivity index (χ1) is 34.1. The average Bonchev–Trinajstić information content (AvgIpc) is 4.13. The van der Waals surface area contributed by atoms with E-state index in [0.717, 1.165) is 135 Å². The van der Waals surface area contributed by atoms with Crippen LogP contribution in [-0.4, -0.2) is 135 Å². The fourth-order valence-corrected chi connectivity index (χ4v) is 11.9. The number of aryl methyl sites for hydroxylation is 1. The number of piperazine rings is 1. The Labute approximate surface area is 404 Å². The van der Waals surface area contributed by atoms with Crippen LogP contribution in [-0.2, 0) is 33.7 Å². The first-order valence-corrected chi connectivity index (χ1v) is 25.1. The van der Waals surface area contributed by atoms with Crippen molar-refractivity contribution in [3.63, 3.8) is 0 Å².